The molecule has 1 fully saturated rings. The Morgan fingerprint density at radius 2 is 1.64 bits per heavy atom. The van der Waals surface area contributed by atoms with Gasteiger partial charge in [-0.1, -0.05) is 49.1 Å². The smallest absolute Gasteiger partial charge is 0.264 e. The third kappa shape index (κ3) is 7.60. The van der Waals surface area contributed by atoms with Gasteiger partial charge in [-0.05, 0) is 74.4 Å². The second-order valence-corrected chi connectivity index (χ2v) is 12.6. The van der Waals surface area contributed by atoms with Gasteiger partial charge in [0.2, 0.25) is 11.8 Å². The zero-order valence-electron chi connectivity index (χ0n) is 23.6. The molecule has 4 rings (SSSR count). The van der Waals surface area contributed by atoms with E-state index in [1.807, 2.05) is 0 Å². The number of carbonyl (C=O) groups is 2. The lowest BCUT2D eigenvalue weighted by Crippen LogP contribution is -2.53. The third-order valence-electron chi connectivity index (χ3n) is 7.46. The van der Waals surface area contributed by atoms with Crippen LogP contribution in [0.2, 0.25) is 5.02 Å². The molecule has 0 aromatic heterocycles. The minimum absolute atomic E-state index is 0.000119. The Balaban J connectivity index is 1.68. The van der Waals surface area contributed by atoms with E-state index in [-0.39, 0.29) is 34.6 Å². The van der Waals surface area contributed by atoms with Gasteiger partial charge in [0.25, 0.3) is 10.0 Å². The number of ether oxygens (including phenoxy) is 1. The number of anilines is 1. The van der Waals surface area contributed by atoms with Crippen LogP contribution in [0.1, 0.15) is 44.6 Å². The van der Waals surface area contributed by atoms with Crippen molar-refractivity contribution in [3.05, 3.63) is 89.2 Å². The number of nitrogens with one attached hydrogen (secondary N) is 1. The molecule has 0 bridgehead atoms. The van der Waals surface area contributed by atoms with Crippen LogP contribution in [0.15, 0.2) is 77.7 Å². The predicted molar refractivity (Wildman–Crippen MR) is 160 cm³/mol. The second-order valence-electron chi connectivity index (χ2n) is 10.3. The average molecular weight is 616 g/mol. The number of rotatable bonds is 11. The van der Waals surface area contributed by atoms with E-state index in [0.29, 0.717) is 10.8 Å². The van der Waals surface area contributed by atoms with Gasteiger partial charge in [0.15, 0.2) is 0 Å². The molecule has 42 heavy (non-hydrogen) atoms. The molecule has 1 aliphatic rings. The SMILES string of the molecule is COc1ccc(S(=O)(=O)N(CC(=O)N(Cc2ccccc2F)[C@@H](C)C(=O)NC2CCCCC2)c2ccc(Cl)cc2)cc1. The van der Waals surface area contributed by atoms with Gasteiger partial charge in [-0.3, -0.25) is 13.9 Å². The Kier molecular flexibility index (Phi) is 10.5. The summed E-state index contributed by atoms with van der Waals surface area (Å²) in [6.07, 6.45) is 4.84. The zero-order chi connectivity index (χ0) is 30.3. The molecule has 0 heterocycles. The lowest BCUT2D eigenvalue weighted by Gasteiger charge is -2.33. The fraction of sp³-hybridized carbons (Fsp3) is 0.355. The maximum Gasteiger partial charge on any atom is 0.264 e. The van der Waals surface area contributed by atoms with E-state index in [9.17, 15) is 22.4 Å². The first kappa shape index (κ1) is 31.3. The van der Waals surface area contributed by atoms with Crippen molar-refractivity contribution < 1.29 is 27.1 Å². The number of carbonyl (C=O) groups excluding carboxylic acids is 2. The van der Waals surface area contributed by atoms with E-state index in [1.54, 1.807) is 13.0 Å². The number of methoxy groups -OCH3 is 1. The molecule has 224 valence electrons. The number of amides is 2. The Bertz CT molecular complexity index is 1480. The topological polar surface area (TPSA) is 96.0 Å². The lowest BCUT2D eigenvalue weighted by molar-refractivity contribution is -0.139. The summed E-state index contributed by atoms with van der Waals surface area (Å²) < 4.78 is 48.6. The summed E-state index contributed by atoms with van der Waals surface area (Å²) in [6.45, 7) is 0.717. The number of sulfonamides is 1. The third-order valence-corrected chi connectivity index (χ3v) is 9.50. The van der Waals surface area contributed by atoms with Gasteiger partial charge < -0.3 is 15.0 Å². The molecule has 1 atom stereocenters. The van der Waals surface area contributed by atoms with Crippen molar-refractivity contribution in [3.8, 4) is 5.75 Å². The minimum atomic E-state index is -4.26. The van der Waals surface area contributed by atoms with Crippen molar-refractivity contribution in [1.82, 2.24) is 10.2 Å². The van der Waals surface area contributed by atoms with Crippen LogP contribution in [0, 0.1) is 5.82 Å². The number of benzene rings is 3. The predicted octanol–water partition coefficient (Wildman–Crippen LogP) is 5.55. The largest absolute Gasteiger partial charge is 0.497 e. The number of hydrogen-bond acceptors (Lipinski definition) is 5. The van der Waals surface area contributed by atoms with Crippen molar-refractivity contribution in [2.24, 2.45) is 0 Å². The van der Waals surface area contributed by atoms with E-state index >= 15 is 0 Å². The monoisotopic (exact) mass is 615 g/mol. The minimum Gasteiger partial charge on any atom is -0.497 e. The number of hydrogen-bond donors (Lipinski definition) is 1. The highest BCUT2D eigenvalue weighted by molar-refractivity contribution is 7.92. The van der Waals surface area contributed by atoms with Crippen molar-refractivity contribution >= 4 is 39.1 Å². The molecular weight excluding hydrogens is 581 g/mol. The van der Waals surface area contributed by atoms with Crippen LogP contribution in [0.25, 0.3) is 0 Å². The van der Waals surface area contributed by atoms with E-state index in [1.165, 1.54) is 78.7 Å². The summed E-state index contributed by atoms with van der Waals surface area (Å²) >= 11 is 6.06. The molecule has 0 unspecified atom stereocenters. The highest BCUT2D eigenvalue weighted by atomic mass is 35.5. The van der Waals surface area contributed by atoms with Crippen molar-refractivity contribution in [2.45, 2.75) is 62.6 Å². The molecular formula is C31H35ClFN3O5S. The summed E-state index contributed by atoms with van der Waals surface area (Å²) in [5, 5.41) is 3.42. The van der Waals surface area contributed by atoms with Gasteiger partial charge in [-0.15, -0.1) is 0 Å². The average Bonchev–Trinajstić information content (AvgIpc) is 3.00. The summed E-state index contributed by atoms with van der Waals surface area (Å²) in [5.41, 5.74) is 0.410. The summed E-state index contributed by atoms with van der Waals surface area (Å²) in [7, 11) is -2.79. The van der Waals surface area contributed by atoms with Crippen LogP contribution >= 0.6 is 11.6 Å². The Labute approximate surface area is 251 Å². The highest BCUT2D eigenvalue weighted by Crippen LogP contribution is 2.27. The van der Waals surface area contributed by atoms with E-state index < -0.39 is 34.3 Å². The van der Waals surface area contributed by atoms with Gasteiger partial charge in [0, 0.05) is 23.2 Å². The first-order valence-electron chi connectivity index (χ1n) is 13.9. The molecule has 2 amide bonds. The maximum absolute atomic E-state index is 14.7. The summed E-state index contributed by atoms with van der Waals surface area (Å²) in [5.74, 6) is -1.10. The highest BCUT2D eigenvalue weighted by Gasteiger charge is 2.33. The molecule has 1 N–H and O–H groups in total. The van der Waals surface area contributed by atoms with Crippen LogP contribution in [-0.2, 0) is 26.2 Å². The van der Waals surface area contributed by atoms with Crippen molar-refractivity contribution in [1.29, 1.82) is 0 Å². The maximum atomic E-state index is 14.7. The number of nitrogens with zero attached hydrogens (tertiary/aromatic N) is 2. The Morgan fingerprint density at radius 1 is 1.00 bits per heavy atom. The van der Waals surface area contributed by atoms with Gasteiger partial charge in [-0.2, -0.15) is 0 Å². The van der Waals surface area contributed by atoms with E-state index in [0.717, 1.165) is 36.4 Å². The Hall–Kier alpha value is -3.63. The molecule has 3 aromatic carbocycles. The summed E-state index contributed by atoms with van der Waals surface area (Å²) in [4.78, 5) is 28.5. The summed E-state index contributed by atoms with van der Waals surface area (Å²) in [6, 6.07) is 16.8. The standard InChI is InChI=1S/C31H35ClFN3O5S/c1-22(31(38)34-25-9-4-3-5-10-25)35(20-23-8-6-7-11-29(23)33)30(37)21-36(26-14-12-24(32)13-15-26)42(39,40)28-18-16-27(41-2)17-19-28/h6-8,11-19,22,25H,3-5,9-10,20-21H2,1-2H3,(H,34,38)/t22-/m0/s1. The molecule has 3 aromatic rings. The number of halogens is 2. The van der Waals surface area contributed by atoms with Crippen LogP contribution in [0.4, 0.5) is 10.1 Å². The van der Waals surface area contributed by atoms with Crippen LogP contribution in [0.3, 0.4) is 0 Å². The first-order chi connectivity index (χ1) is 20.1. The van der Waals surface area contributed by atoms with Crippen LogP contribution in [0.5, 0.6) is 5.75 Å². The molecule has 8 nitrogen and oxygen atoms in total. The molecule has 11 heteroatoms. The zero-order valence-corrected chi connectivity index (χ0v) is 25.2. The van der Waals surface area contributed by atoms with Gasteiger partial charge >= 0.3 is 0 Å². The Morgan fingerprint density at radius 3 is 2.26 bits per heavy atom. The fourth-order valence-electron chi connectivity index (χ4n) is 4.97. The molecule has 1 saturated carbocycles. The quantitative estimate of drug-likeness (QED) is 0.305. The second kappa shape index (κ2) is 14.0. The normalized spacial score (nSPS) is 14.6. The lowest BCUT2D eigenvalue weighted by atomic mass is 9.95. The molecule has 0 spiro atoms. The first-order valence-corrected chi connectivity index (χ1v) is 15.7. The fourth-order valence-corrected chi connectivity index (χ4v) is 6.51. The van der Waals surface area contributed by atoms with Crippen molar-refractivity contribution in [2.75, 3.05) is 18.0 Å². The molecule has 0 radical (unpaired) electrons. The van der Waals surface area contributed by atoms with Crippen LogP contribution in [-0.4, -0.2) is 50.9 Å². The van der Waals surface area contributed by atoms with Gasteiger partial charge in [0.1, 0.15) is 24.2 Å². The van der Waals surface area contributed by atoms with Gasteiger partial charge in [0.05, 0.1) is 17.7 Å². The van der Waals surface area contributed by atoms with E-state index in [4.69, 9.17) is 16.3 Å². The molecule has 0 aliphatic heterocycles. The van der Waals surface area contributed by atoms with E-state index in [2.05, 4.69) is 5.32 Å². The van der Waals surface area contributed by atoms with Crippen LogP contribution < -0.4 is 14.4 Å². The van der Waals surface area contributed by atoms with Crippen molar-refractivity contribution in [3.63, 3.8) is 0 Å². The molecule has 1 aliphatic carbocycles. The van der Waals surface area contributed by atoms with Gasteiger partial charge in [-0.25, -0.2) is 12.8 Å². The molecule has 0 saturated heterocycles.